The van der Waals surface area contributed by atoms with Crippen LogP contribution in [0.3, 0.4) is 0 Å². The molecule has 0 atom stereocenters. The van der Waals surface area contributed by atoms with Crippen molar-refractivity contribution < 1.29 is 0 Å². The SMILES string of the molecule is [SiH4].c1ccc(-c2ccccc2)cc1. The Morgan fingerprint density at radius 3 is 1.08 bits per heavy atom. The Labute approximate surface area is 83.3 Å². The average Bonchev–Trinajstić information content (AvgIpc) is 2.21. The summed E-state index contributed by atoms with van der Waals surface area (Å²) < 4.78 is 0. The molecule has 0 bridgehead atoms. The first-order valence-corrected chi connectivity index (χ1v) is 4.07. The number of hydrogen-bond acceptors (Lipinski definition) is 0. The van der Waals surface area contributed by atoms with Crippen LogP contribution in [-0.2, 0) is 0 Å². The van der Waals surface area contributed by atoms with Crippen LogP contribution in [0.15, 0.2) is 60.7 Å². The summed E-state index contributed by atoms with van der Waals surface area (Å²) in [6.07, 6.45) is 0. The van der Waals surface area contributed by atoms with Crippen molar-refractivity contribution in [3.05, 3.63) is 60.7 Å². The Balaban J connectivity index is 0.000000845. The minimum Gasteiger partial charge on any atom is -0.0622 e. The molecule has 0 N–H and O–H groups in total. The second kappa shape index (κ2) is 4.63. The predicted octanol–water partition coefficient (Wildman–Crippen LogP) is 1.90. The summed E-state index contributed by atoms with van der Waals surface area (Å²) in [5.41, 5.74) is 2.55. The zero-order valence-corrected chi connectivity index (χ0v) is 6.77. The fraction of sp³-hybridized carbons (Fsp3) is 0. The van der Waals surface area contributed by atoms with E-state index in [0.29, 0.717) is 0 Å². The van der Waals surface area contributed by atoms with Crippen molar-refractivity contribution in [2.45, 2.75) is 0 Å². The molecule has 1 heteroatoms. The van der Waals surface area contributed by atoms with E-state index < -0.39 is 0 Å². The molecule has 0 aromatic heterocycles. The first-order valence-electron chi connectivity index (χ1n) is 4.07. The molecule has 66 valence electrons. The van der Waals surface area contributed by atoms with Gasteiger partial charge in [0.2, 0.25) is 0 Å². The van der Waals surface area contributed by atoms with Gasteiger partial charge in [-0.3, -0.25) is 0 Å². The summed E-state index contributed by atoms with van der Waals surface area (Å²) in [7, 11) is 0. The van der Waals surface area contributed by atoms with Gasteiger partial charge in [-0.1, -0.05) is 60.7 Å². The van der Waals surface area contributed by atoms with E-state index in [1.54, 1.807) is 0 Å². The van der Waals surface area contributed by atoms with E-state index in [4.69, 9.17) is 0 Å². The molecule has 0 aliphatic heterocycles. The van der Waals surface area contributed by atoms with Gasteiger partial charge >= 0.3 is 0 Å². The summed E-state index contributed by atoms with van der Waals surface area (Å²) in [6.45, 7) is 0. The van der Waals surface area contributed by atoms with E-state index >= 15 is 0 Å². The van der Waals surface area contributed by atoms with Crippen LogP contribution in [0.5, 0.6) is 0 Å². The maximum absolute atomic E-state index is 2.12. The number of rotatable bonds is 1. The molecule has 0 heterocycles. The Morgan fingerprint density at radius 2 is 0.769 bits per heavy atom. The Hall–Kier alpha value is -1.34. The predicted molar refractivity (Wildman–Crippen MR) is 63.2 cm³/mol. The van der Waals surface area contributed by atoms with Crippen LogP contribution in [0, 0.1) is 0 Å². The van der Waals surface area contributed by atoms with Crippen LogP contribution in [0.25, 0.3) is 11.1 Å². The third-order valence-corrected chi connectivity index (χ3v) is 1.88. The standard InChI is InChI=1S/C12H10.H4Si/c1-3-7-11(8-4-1)12-9-5-2-6-10-12;/h1-10H;1H4. The zero-order chi connectivity index (χ0) is 8.23. The molecule has 2 aromatic rings. The minimum absolute atomic E-state index is 0. The Bertz CT molecular complexity index is 303. The van der Waals surface area contributed by atoms with E-state index in [9.17, 15) is 0 Å². The fourth-order valence-electron chi connectivity index (χ4n) is 1.26. The zero-order valence-electron chi connectivity index (χ0n) is 6.77. The van der Waals surface area contributed by atoms with Crippen LogP contribution in [0.1, 0.15) is 0 Å². The molecule has 2 aromatic carbocycles. The summed E-state index contributed by atoms with van der Waals surface area (Å²) in [4.78, 5) is 0. The largest absolute Gasteiger partial charge is 0.0622 e. The lowest BCUT2D eigenvalue weighted by Gasteiger charge is -1.98. The van der Waals surface area contributed by atoms with Crippen molar-refractivity contribution in [3.63, 3.8) is 0 Å². The fourth-order valence-corrected chi connectivity index (χ4v) is 1.26. The summed E-state index contributed by atoms with van der Waals surface area (Å²) in [5, 5.41) is 0. The molecule has 0 amide bonds. The van der Waals surface area contributed by atoms with Crippen LogP contribution in [0.4, 0.5) is 0 Å². The molecule has 13 heavy (non-hydrogen) atoms. The van der Waals surface area contributed by atoms with Gasteiger partial charge in [0.25, 0.3) is 0 Å². The van der Waals surface area contributed by atoms with Gasteiger partial charge in [0.05, 0.1) is 0 Å². The van der Waals surface area contributed by atoms with Gasteiger partial charge in [0.1, 0.15) is 0 Å². The topological polar surface area (TPSA) is 0 Å². The summed E-state index contributed by atoms with van der Waals surface area (Å²) in [6, 6.07) is 20.8. The molecule has 0 nitrogen and oxygen atoms in total. The molecule has 2 rings (SSSR count). The van der Waals surface area contributed by atoms with E-state index in [0.717, 1.165) is 0 Å². The van der Waals surface area contributed by atoms with E-state index in [1.165, 1.54) is 11.1 Å². The normalized spacial score (nSPS) is 8.92. The smallest absolute Gasteiger partial charge is 0.0149 e. The van der Waals surface area contributed by atoms with Crippen molar-refractivity contribution in [2.24, 2.45) is 0 Å². The average molecular weight is 186 g/mol. The molecule has 0 unspecified atom stereocenters. The van der Waals surface area contributed by atoms with Gasteiger partial charge < -0.3 is 0 Å². The second-order valence-corrected chi connectivity index (χ2v) is 2.73. The second-order valence-electron chi connectivity index (χ2n) is 2.73. The highest BCUT2D eigenvalue weighted by Crippen LogP contribution is 2.17. The molecule has 0 fully saturated rings. The lowest BCUT2D eigenvalue weighted by molar-refractivity contribution is 1.62. The maximum Gasteiger partial charge on any atom is -0.0149 e. The van der Waals surface area contributed by atoms with Crippen molar-refractivity contribution in [2.75, 3.05) is 0 Å². The van der Waals surface area contributed by atoms with E-state index in [2.05, 4.69) is 48.5 Å². The highest BCUT2D eigenvalue weighted by Gasteiger charge is 1.91. The third kappa shape index (κ3) is 2.29. The molecular formula is C12H14Si. The third-order valence-electron chi connectivity index (χ3n) is 1.88. The Morgan fingerprint density at radius 1 is 0.462 bits per heavy atom. The summed E-state index contributed by atoms with van der Waals surface area (Å²) in [5.74, 6) is 0. The molecular weight excluding hydrogens is 172 g/mol. The van der Waals surface area contributed by atoms with E-state index in [1.807, 2.05) is 12.1 Å². The van der Waals surface area contributed by atoms with E-state index in [-0.39, 0.29) is 11.0 Å². The Kier molecular flexibility index (Phi) is 3.47. The van der Waals surface area contributed by atoms with Crippen LogP contribution in [-0.4, -0.2) is 11.0 Å². The summed E-state index contributed by atoms with van der Waals surface area (Å²) >= 11 is 0. The minimum atomic E-state index is 0. The van der Waals surface area contributed by atoms with Crippen LogP contribution >= 0.6 is 0 Å². The lowest BCUT2D eigenvalue weighted by Crippen LogP contribution is -1.73. The van der Waals surface area contributed by atoms with Crippen molar-refractivity contribution >= 4 is 11.0 Å². The van der Waals surface area contributed by atoms with Gasteiger partial charge in [-0.15, -0.1) is 0 Å². The molecule has 0 aliphatic carbocycles. The van der Waals surface area contributed by atoms with Gasteiger partial charge in [0.15, 0.2) is 0 Å². The lowest BCUT2D eigenvalue weighted by atomic mass is 10.1. The van der Waals surface area contributed by atoms with Crippen molar-refractivity contribution in [3.8, 4) is 11.1 Å². The maximum atomic E-state index is 2.12. The molecule has 0 saturated heterocycles. The molecule has 0 saturated carbocycles. The highest BCUT2D eigenvalue weighted by molar-refractivity contribution is 5.75. The number of hydrogen-bond donors (Lipinski definition) is 0. The monoisotopic (exact) mass is 186 g/mol. The highest BCUT2D eigenvalue weighted by atomic mass is 28.1. The molecule has 0 radical (unpaired) electrons. The van der Waals surface area contributed by atoms with Gasteiger partial charge in [-0.25, -0.2) is 0 Å². The molecule has 0 spiro atoms. The number of benzene rings is 2. The van der Waals surface area contributed by atoms with Crippen molar-refractivity contribution in [1.29, 1.82) is 0 Å². The van der Waals surface area contributed by atoms with Crippen molar-refractivity contribution in [1.82, 2.24) is 0 Å². The first-order chi connectivity index (χ1) is 5.97. The molecule has 0 aliphatic rings. The quantitative estimate of drug-likeness (QED) is 0.597. The van der Waals surface area contributed by atoms with Crippen LogP contribution < -0.4 is 0 Å². The van der Waals surface area contributed by atoms with Gasteiger partial charge in [-0.05, 0) is 22.1 Å². The first kappa shape index (κ1) is 9.74. The van der Waals surface area contributed by atoms with Gasteiger partial charge in [0, 0.05) is 0 Å². The van der Waals surface area contributed by atoms with Crippen LogP contribution in [0.2, 0.25) is 0 Å². The van der Waals surface area contributed by atoms with Gasteiger partial charge in [-0.2, -0.15) is 0 Å².